The molecule has 2 aromatic rings. The summed E-state index contributed by atoms with van der Waals surface area (Å²) in [5.41, 5.74) is 6.62. The van der Waals surface area contributed by atoms with Crippen molar-refractivity contribution in [2.75, 3.05) is 0 Å². The minimum absolute atomic E-state index is 0.207. The van der Waals surface area contributed by atoms with Gasteiger partial charge >= 0.3 is 0 Å². The van der Waals surface area contributed by atoms with Crippen molar-refractivity contribution >= 4 is 56.1 Å². The number of nitrogens with one attached hydrogen (secondary N) is 2. The van der Waals surface area contributed by atoms with Crippen LogP contribution in [0.5, 0.6) is 0 Å². The summed E-state index contributed by atoms with van der Waals surface area (Å²) in [6, 6.07) is 15.1. The van der Waals surface area contributed by atoms with Crippen LogP contribution in [-0.2, 0) is 9.59 Å². The van der Waals surface area contributed by atoms with Crippen LogP contribution in [0, 0.1) is 0 Å². The van der Waals surface area contributed by atoms with Crippen molar-refractivity contribution in [2.45, 2.75) is 19.3 Å². The molecule has 27 heavy (non-hydrogen) atoms. The Bertz CT molecular complexity index is 784. The molecule has 6 nitrogen and oxygen atoms in total. The highest BCUT2D eigenvalue weighted by molar-refractivity contribution is 9.10. The molecular formula is C19H18Br2N4O2. The van der Waals surface area contributed by atoms with Gasteiger partial charge in [0.2, 0.25) is 11.8 Å². The standard InChI is InChI=1S/C19H18Br2N4O2/c20-16-6-1-4-14(10-16)12-22-24-18(26)8-3-9-19(27)25-23-13-15-5-2-7-17(21)11-15/h1-2,4-7,10-13H,3,8-9H2,(H,24,26)(H,25,27)/b22-12+,23-13?. The second-order valence-corrected chi connectivity index (χ2v) is 7.38. The molecule has 0 spiro atoms. The SMILES string of the molecule is O=C(CCCC(=O)N/N=C/c1cccc(Br)c1)NN=Cc1cccc(Br)c1. The molecule has 140 valence electrons. The summed E-state index contributed by atoms with van der Waals surface area (Å²) in [6.07, 6.45) is 3.95. The number of nitrogens with zero attached hydrogens (tertiary/aromatic N) is 2. The smallest absolute Gasteiger partial charge is 0.240 e. The van der Waals surface area contributed by atoms with E-state index in [4.69, 9.17) is 0 Å². The Hall–Kier alpha value is -2.32. The maximum Gasteiger partial charge on any atom is 0.240 e. The average molecular weight is 494 g/mol. The summed E-state index contributed by atoms with van der Waals surface area (Å²) in [6.45, 7) is 0. The van der Waals surface area contributed by atoms with Crippen molar-refractivity contribution in [1.29, 1.82) is 0 Å². The lowest BCUT2D eigenvalue weighted by atomic mass is 10.2. The molecule has 2 N–H and O–H groups in total. The number of rotatable bonds is 8. The van der Waals surface area contributed by atoms with Crippen LogP contribution in [0.3, 0.4) is 0 Å². The Morgan fingerprint density at radius 2 is 1.26 bits per heavy atom. The summed E-state index contributed by atoms with van der Waals surface area (Å²) in [4.78, 5) is 23.4. The van der Waals surface area contributed by atoms with Crippen LogP contribution >= 0.6 is 31.9 Å². The number of hydrogen-bond donors (Lipinski definition) is 2. The zero-order chi connectivity index (χ0) is 19.5. The maximum absolute atomic E-state index is 11.7. The molecule has 8 heteroatoms. The molecule has 0 radical (unpaired) electrons. The van der Waals surface area contributed by atoms with Gasteiger partial charge in [-0.3, -0.25) is 9.59 Å². The van der Waals surface area contributed by atoms with Crippen molar-refractivity contribution in [3.05, 3.63) is 68.6 Å². The van der Waals surface area contributed by atoms with E-state index in [1.165, 1.54) is 0 Å². The molecule has 0 aliphatic rings. The van der Waals surface area contributed by atoms with Gasteiger partial charge in [-0.1, -0.05) is 56.1 Å². The monoisotopic (exact) mass is 492 g/mol. The van der Waals surface area contributed by atoms with Gasteiger partial charge in [0.05, 0.1) is 12.4 Å². The third kappa shape index (κ3) is 8.74. The molecule has 0 aromatic heterocycles. The van der Waals surface area contributed by atoms with Gasteiger partial charge in [0.15, 0.2) is 0 Å². The van der Waals surface area contributed by atoms with Crippen LogP contribution in [0.15, 0.2) is 67.7 Å². The summed E-state index contributed by atoms with van der Waals surface area (Å²) in [5, 5.41) is 7.79. The fourth-order valence-electron chi connectivity index (χ4n) is 2.05. The van der Waals surface area contributed by atoms with Crippen molar-refractivity contribution in [3.63, 3.8) is 0 Å². The van der Waals surface area contributed by atoms with Crippen LogP contribution in [0.4, 0.5) is 0 Å². The zero-order valence-corrected chi connectivity index (χ0v) is 17.5. The van der Waals surface area contributed by atoms with Gasteiger partial charge in [0, 0.05) is 21.8 Å². The molecule has 0 saturated carbocycles. The first kappa shape index (κ1) is 21.0. The second kappa shape index (κ2) is 11.4. The maximum atomic E-state index is 11.7. The van der Waals surface area contributed by atoms with Crippen molar-refractivity contribution in [3.8, 4) is 0 Å². The highest BCUT2D eigenvalue weighted by Crippen LogP contribution is 2.10. The van der Waals surface area contributed by atoms with E-state index < -0.39 is 0 Å². The number of carbonyl (C=O) groups is 2. The first-order valence-electron chi connectivity index (χ1n) is 8.18. The molecule has 0 saturated heterocycles. The van der Waals surface area contributed by atoms with E-state index in [1.54, 1.807) is 12.4 Å². The van der Waals surface area contributed by atoms with Crippen LogP contribution < -0.4 is 10.9 Å². The Labute approximate surface area is 174 Å². The molecule has 0 aliphatic heterocycles. The van der Waals surface area contributed by atoms with E-state index in [1.807, 2.05) is 48.5 Å². The van der Waals surface area contributed by atoms with Crippen molar-refractivity contribution in [1.82, 2.24) is 10.9 Å². The molecule has 0 atom stereocenters. The second-order valence-electron chi connectivity index (χ2n) is 5.55. The van der Waals surface area contributed by atoms with Crippen molar-refractivity contribution in [2.24, 2.45) is 10.2 Å². The van der Waals surface area contributed by atoms with E-state index in [2.05, 4.69) is 52.9 Å². The fraction of sp³-hybridized carbons (Fsp3) is 0.158. The molecular weight excluding hydrogens is 476 g/mol. The van der Waals surface area contributed by atoms with E-state index in [9.17, 15) is 9.59 Å². The number of carbonyl (C=O) groups excluding carboxylic acids is 2. The minimum Gasteiger partial charge on any atom is -0.273 e. The van der Waals surface area contributed by atoms with Crippen LogP contribution in [0.2, 0.25) is 0 Å². The summed E-state index contributed by atoms with van der Waals surface area (Å²) in [5.74, 6) is -0.488. The third-order valence-electron chi connectivity index (χ3n) is 3.31. The quantitative estimate of drug-likeness (QED) is 0.430. The largest absolute Gasteiger partial charge is 0.273 e. The fourth-order valence-corrected chi connectivity index (χ4v) is 2.89. The first-order valence-corrected chi connectivity index (χ1v) is 9.76. The molecule has 2 amide bonds. The van der Waals surface area contributed by atoms with Crippen LogP contribution in [-0.4, -0.2) is 24.2 Å². The number of hydrazone groups is 2. The highest BCUT2D eigenvalue weighted by atomic mass is 79.9. The lowest BCUT2D eigenvalue weighted by Crippen LogP contribution is -2.20. The molecule has 0 fully saturated rings. The predicted molar refractivity (Wildman–Crippen MR) is 114 cm³/mol. The number of amides is 2. The van der Waals surface area contributed by atoms with Crippen LogP contribution in [0.1, 0.15) is 30.4 Å². The zero-order valence-electron chi connectivity index (χ0n) is 14.4. The summed E-state index contributed by atoms with van der Waals surface area (Å²) >= 11 is 6.73. The third-order valence-corrected chi connectivity index (χ3v) is 4.30. The molecule has 0 bridgehead atoms. The van der Waals surface area contributed by atoms with E-state index in [0.29, 0.717) is 6.42 Å². The van der Waals surface area contributed by atoms with Gasteiger partial charge in [0.1, 0.15) is 0 Å². The number of benzene rings is 2. The van der Waals surface area contributed by atoms with E-state index in [0.717, 1.165) is 20.1 Å². The molecule has 0 aliphatic carbocycles. The van der Waals surface area contributed by atoms with Crippen LogP contribution in [0.25, 0.3) is 0 Å². The normalized spacial score (nSPS) is 11.0. The first-order chi connectivity index (χ1) is 13.0. The predicted octanol–water partition coefficient (Wildman–Crippen LogP) is 3.98. The summed E-state index contributed by atoms with van der Waals surface area (Å²) < 4.78 is 1.87. The van der Waals surface area contributed by atoms with Gasteiger partial charge in [-0.15, -0.1) is 0 Å². The Morgan fingerprint density at radius 3 is 1.67 bits per heavy atom. The van der Waals surface area contributed by atoms with Gasteiger partial charge in [-0.2, -0.15) is 10.2 Å². The van der Waals surface area contributed by atoms with Crippen molar-refractivity contribution < 1.29 is 9.59 Å². The Balaban J connectivity index is 1.63. The highest BCUT2D eigenvalue weighted by Gasteiger charge is 2.04. The number of hydrogen-bond acceptors (Lipinski definition) is 4. The molecule has 0 heterocycles. The van der Waals surface area contributed by atoms with Gasteiger partial charge in [-0.25, -0.2) is 10.9 Å². The Morgan fingerprint density at radius 1 is 0.815 bits per heavy atom. The molecule has 2 rings (SSSR count). The topological polar surface area (TPSA) is 82.9 Å². The molecule has 0 unspecified atom stereocenters. The minimum atomic E-state index is -0.244. The van der Waals surface area contributed by atoms with Gasteiger partial charge in [-0.05, 0) is 41.8 Å². The average Bonchev–Trinajstić information content (AvgIpc) is 2.62. The lowest BCUT2D eigenvalue weighted by Gasteiger charge is -2.01. The Kier molecular flexibility index (Phi) is 8.86. The van der Waals surface area contributed by atoms with E-state index >= 15 is 0 Å². The van der Waals surface area contributed by atoms with Gasteiger partial charge < -0.3 is 0 Å². The lowest BCUT2D eigenvalue weighted by molar-refractivity contribution is -0.122. The van der Waals surface area contributed by atoms with Gasteiger partial charge in [0.25, 0.3) is 0 Å². The van der Waals surface area contributed by atoms with E-state index in [-0.39, 0.29) is 24.7 Å². The summed E-state index contributed by atoms with van der Waals surface area (Å²) in [7, 11) is 0. The number of halogens is 2. The molecule has 2 aromatic carbocycles.